The van der Waals surface area contributed by atoms with E-state index in [0.29, 0.717) is 23.9 Å². The summed E-state index contributed by atoms with van der Waals surface area (Å²) in [6, 6.07) is 0.967. The van der Waals surface area contributed by atoms with Crippen molar-refractivity contribution in [2.45, 2.75) is 59.5 Å². The second kappa shape index (κ2) is 7.36. The molecule has 5 heteroatoms. The number of nitrogens with zero attached hydrogens (tertiary/aromatic N) is 2. The standard InChI is InChI=1S/C13H26N4O/c1-6-7-14-11(5)12-16-17-13(18-12)15-10(4)8-9(2)3/h9-11,14H,6-8H2,1-5H3,(H,15,17). The SMILES string of the molecule is CCCNC(C)c1nnc(NC(C)CC(C)C)o1. The maximum absolute atomic E-state index is 5.60. The summed E-state index contributed by atoms with van der Waals surface area (Å²) in [7, 11) is 0. The minimum absolute atomic E-state index is 0.105. The van der Waals surface area contributed by atoms with Crippen LogP contribution < -0.4 is 10.6 Å². The van der Waals surface area contributed by atoms with E-state index in [4.69, 9.17) is 4.42 Å². The Balaban J connectivity index is 2.47. The first-order valence-corrected chi connectivity index (χ1v) is 6.86. The van der Waals surface area contributed by atoms with Crippen molar-refractivity contribution in [1.29, 1.82) is 0 Å². The number of aromatic nitrogens is 2. The lowest BCUT2D eigenvalue weighted by Crippen LogP contribution is -2.19. The molecule has 0 fully saturated rings. The lowest BCUT2D eigenvalue weighted by atomic mass is 10.1. The van der Waals surface area contributed by atoms with Crippen molar-refractivity contribution < 1.29 is 4.42 Å². The third-order valence-electron chi connectivity index (χ3n) is 2.71. The number of nitrogens with one attached hydrogen (secondary N) is 2. The molecule has 2 unspecified atom stereocenters. The molecule has 0 aliphatic carbocycles. The largest absolute Gasteiger partial charge is 0.406 e. The van der Waals surface area contributed by atoms with Crippen molar-refractivity contribution in [3.63, 3.8) is 0 Å². The zero-order valence-electron chi connectivity index (χ0n) is 12.2. The first kappa shape index (κ1) is 15.0. The monoisotopic (exact) mass is 254 g/mol. The molecule has 2 atom stereocenters. The highest BCUT2D eigenvalue weighted by molar-refractivity contribution is 5.19. The third kappa shape index (κ3) is 5.04. The van der Waals surface area contributed by atoms with Gasteiger partial charge in [-0.3, -0.25) is 0 Å². The van der Waals surface area contributed by atoms with Gasteiger partial charge >= 0.3 is 6.01 Å². The molecule has 1 aromatic rings. The van der Waals surface area contributed by atoms with Gasteiger partial charge in [0, 0.05) is 6.04 Å². The highest BCUT2D eigenvalue weighted by Crippen LogP contribution is 2.15. The molecule has 2 N–H and O–H groups in total. The van der Waals surface area contributed by atoms with Crippen LogP contribution in [0.1, 0.15) is 59.4 Å². The average molecular weight is 254 g/mol. The van der Waals surface area contributed by atoms with Gasteiger partial charge in [0.25, 0.3) is 0 Å². The quantitative estimate of drug-likeness (QED) is 0.746. The Kier molecular flexibility index (Phi) is 6.12. The minimum Gasteiger partial charge on any atom is -0.406 e. The molecule has 1 heterocycles. The van der Waals surface area contributed by atoms with Crippen molar-refractivity contribution >= 4 is 6.01 Å². The van der Waals surface area contributed by atoms with E-state index in [-0.39, 0.29) is 6.04 Å². The van der Waals surface area contributed by atoms with Crippen LogP contribution in [0.15, 0.2) is 4.42 Å². The Morgan fingerprint density at radius 2 is 1.89 bits per heavy atom. The zero-order valence-corrected chi connectivity index (χ0v) is 12.2. The van der Waals surface area contributed by atoms with Crippen LogP contribution in [0.2, 0.25) is 0 Å². The van der Waals surface area contributed by atoms with Crippen LogP contribution in [0.4, 0.5) is 6.01 Å². The van der Waals surface area contributed by atoms with Crippen molar-refractivity contribution in [3.8, 4) is 0 Å². The van der Waals surface area contributed by atoms with Crippen LogP contribution in [-0.2, 0) is 0 Å². The topological polar surface area (TPSA) is 63.0 Å². The molecule has 0 saturated heterocycles. The summed E-state index contributed by atoms with van der Waals surface area (Å²) in [5.74, 6) is 1.29. The summed E-state index contributed by atoms with van der Waals surface area (Å²) in [4.78, 5) is 0. The molecule has 5 nitrogen and oxygen atoms in total. The van der Waals surface area contributed by atoms with Gasteiger partial charge in [-0.25, -0.2) is 0 Å². The maximum Gasteiger partial charge on any atom is 0.315 e. The molecule has 18 heavy (non-hydrogen) atoms. The van der Waals surface area contributed by atoms with E-state index in [9.17, 15) is 0 Å². The number of hydrogen-bond donors (Lipinski definition) is 2. The summed E-state index contributed by atoms with van der Waals surface area (Å²) in [6.45, 7) is 11.7. The summed E-state index contributed by atoms with van der Waals surface area (Å²) < 4.78 is 5.60. The van der Waals surface area contributed by atoms with Crippen LogP contribution in [0.3, 0.4) is 0 Å². The normalized spacial score (nSPS) is 14.8. The summed E-state index contributed by atoms with van der Waals surface area (Å²) in [5.41, 5.74) is 0. The van der Waals surface area contributed by atoms with Gasteiger partial charge in [-0.2, -0.15) is 0 Å². The molecule has 104 valence electrons. The molecule has 0 bridgehead atoms. The number of hydrogen-bond acceptors (Lipinski definition) is 5. The van der Waals surface area contributed by atoms with Crippen molar-refractivity contribution in [1.82, 2.24) is 15.5 Å². The molecule has 0 saturated carbocycles. The Morgan fingerprint density at radius 3 is 2.50 bits per heavy atom. The molecule has 0 amide bonds. The van der Waals surface area contributed by atoms with Crippen LogP contribution >= 0.6 is 0 Å². The van der Waals surface area contributed by atoms with Crippen LogP contribution in [-0.4, -0.2) is 22.8 Å². The van der Waals surface area contributed by atoms with Crippen molar-refractivity contribution in [3.05, 3.63) is 5.89 Å². The summed E-state index contributed by atoms with van der Waals surface area (Å²) >= 11 is 0. The van der Waals surface area contributed by atoms with E-state index in [2.05, 4.69) is 48.5 Å². The molecule has 0 aliphatic rings. The number of anilines is 1. The van der Waals surface area contributed by atoms with Crippen molar-refractivity contribution in [2.24, 2.45) is 5.92 Å². The lowest BCUT2D eigenvalue weighted by Gasteiger charge is -2.13. The van der Waals surface area contributed by atoms with Crippen LogP contribution in [0.25, 0.3) is 0 Å². The highest BCUT2D eigenvalue weighted by atomic mass is 16.4. The molecule has 0 aliphatic heterocycles. The fourth-order valence-electron chi connectivity index (χ4n) is 1.89. The Morgan fingerprint density at radius 1 is 1.17 bits per heavy atom. The van der Waals surface area contributed by atoms with Gasteiger partial charge in [-0.15, -0.1) is 5.10 Å². The number of rotatable bonds is 8. The highest BCUT2D eigenvalue weighted by Gasteiger charge is 2.14. The van der Waals surface area contributed by atoms with E-state index in [1.54, 1.807) is 0 Å². The molecule has 0 aromatic carbocycles. The minimum atomic E-state index is 0.105. The second-order valence-electron chi connectivity index (χ2n) is 5.30. The predicted molar refractivity (Wildman–Crippen MR) is 73.5 cm³/mol. The molecular weight excluding hydrogens is 228 g/mol. The van der Waals surface area contributed by atoms with Gasteiger partial charge in [0.2, 0.25) is 5.89 Å². The van der Waals surface area contributed by atoms with Gasteiger partial charge in [-0.1, -0.05) is 25.9 Å². The smallest absolute Gasteiger partial charge is 0.315 e. The van der Waals surface area contributed by atoms with E-state index in [1.165, 1.54) is 0 Å². The first-order chi connectivity index (χ1) is 8.52. The molecule has 1 rings (SSSR count). The van der Waals surface area contributed by atoms with Gasteiger partial charge in [0.05, 0.1) is 6.04 Å². The Labute approximate surface area is 110 Å². The Bertz CT molecular complexity index is 337. The van der Waals surface area contributed by atoms with Gasteiger partial charge in [0.1, 0.15) is 0 Å². The predicted octanol–water partition coefficient (Wildman–Crippen LogP) is 2.98. The first-order valence-electron chi connectivity index (χ1n) is 6.86. The summed E-state index contributed by atoms with van der Waals surface area (Å²) in [5, 5.41) is 14.6. The Hall–Kier alpha value is -1.10. The fraction of sp³-hybridized carbons (Fsp3) is 0.846. The van der Waals surface area contributed by atoms with Gasteiger partial charge in [0.15, 0.2) is 0 Å². The lowest BCUT2D eigenvalue weighted by molar-refractivity contribution is 0.418. The third-order valence-corrected chi connectivity index (χ3v) is 2.71. The van der Waals surface area contributed by atoms with Gasteiger partial charge < -0.3 is 15.1 Å². The summed E-state index contributed by atoms with van der Waals surface area (Å²) in [6.07, 6.45) is 2.18. The maximum atomic E-state index is 5.60. The fourth-order valence-corrected chi connectivity index (χ4v) is 1.89. The van der Waals surface area contributed by atoms with Crippen LogP contribution in [0, 0.1) is 5.92 Å². The van der Waals surface area contributed by atoms with Gasteiger partial charge in [-0.05, 0) is 39.2 Å². The molecule has 0 radical (unpaired) electrons. The van der Waals surface area contributed by atoms with E-state index < -0.39 is 0 Å². The second-order valence-corrected chi connectivity index (χ2v) is 5.30. The molecular formula is C13H26N4O. The van der Waals surface area contributed by atoms with E-state index in [0.717, 1.165) is 19.4 Å². The molecule has 0 spiro atoms. The zero-order chi connectivity index (χ0) is 13.5. The van der Waals surface area contributed by atoms with E-state index in [1.807, 2.05) is 6.92 Å². The van der Waals surface area contributed by atoms with E-state index >= 15 is 0 Å². The van der Waals surface area contributed by atoms with Crippen molar-refractivity contribution in [2.75, 3.05) is 11.9 Å². The van der Waals surface area contributed by atoms with Crippen LogP contribution in [0.5, 0.6) is 0 Å². The average Bonchev–Trinajstić information content (AvgIpc) is 2.73. The molecule has 1 aromatic heterocycles.